The number of benzene rings is 2. The first-order valence-corrected chi connectivity index (χ1v) is 9.97. The summed E-state index contributed by atoms with van der Waals surface area (Å²) in [5.41, 5.74) is 6.41. The minimum Gasteiger partial charge on any atom is -0.256 e. The molecule has 26 heavy (non-hydrogen) atoms. The molecule has 0 amide bonds. The zero-order valence-corrected chi connectivity index (χ0v) is 15.6. The lowest BCUT2D eigenvalue weighted by atomic mass is 9.82. The van der Waals surface area contributed by atoms with Crippen molar-refractivity contribution >= 4 is 0 Å². The second-order valence-corrected chi connectivity index (χ2v) is 7.47. The molecular formula is C25H27N. The Balaban J connectivity index is 1.82. The Morgan fingerprint density at radius 1 is 0.885 bits per heavy atom. The van der Waals surface area contributed by atoms with Gasteiger partial charge in [0, 0.05) is 17.3 Å². The number of hydrogen-bond donors (Lipinski definition) is 0. The van der Waals surface area contributed by atoms with Crippen LogP contribution < -0.4 is 0 Å². The van der Waals surface area contributed by atoms with Gasteiger partial charge in [0.15, 0.2) is 0 Å². The number of hydrogen-bond acceptors (Lipinski definition) is 1. The minimum absolute atomic E-state index is 0.663. The van der Waals surface area contributed by atoms with Crippen LogP contribution in [0.4, 0.5) is 0 Å². The summed E-state index contributed by atoms with van der Waals surface area (Å²) >= 11 is 0. The second-order valence-electron chi connectivity index (χ2n) is 7.47. The summed E-state index contributed by atoms with van der Waals surface area (Å²) in [5, 5.41) is 0. The van der Waals surface area contributed by atoms with E-state index in [0.717, 1.165) is 11.6 Å². The fourth-order valence-corrected chi connectivity index (χ4v) is 4.57. The SMILES string of the molecule is CCCC1CCCC1c1cc(-c2ccccc2)ncc1-c1ccccc1. The van der Waals surface area contributed by atoms with Crippen LogP contribution in [0.15, 0.2) is 72.9 Å². The summed E-state index contributed by atoms with van der Waals surface area (Å²) in [6.07, 6.45) is 8.75. The van der Waals surface area contributed by atoms with Gasteiger partial charge in [0.05, 0.1) is 5.69 Å². The molecule has 1 aliphatic carbocycles. The molecule has 0 spiro atoms. The van der Waals surface area contributed by atoms with Gasteiger partial charge in [-0.15, -0.1) is 0 Å². The Labute approximate surface area is 157 Å². The predicted molar refractivity (Wildman–Crippen MR) is 110 cm³/mol. The van der Waals surface area contributed by atoms with Crippen molar-refractivity contribution < 1.29 is 0 Å². The number of aromatic nitrogens is 1. The summed E-state index contributed by atoms with van der Waals surface area (Å²) in [6, 6.07) is 23.7. The molecule has 2 aromatic carbocycles. The first-order chi connectivity index (χ1) is 12.9. The summed E-state index contributed by atoms with van der Waals surface area (Å²) in [7, 11) is 0. The van der Waals surface area contributed by atoms with Crippen LogP contribution in [0.3, 0.4) is 0 Å². The Kier molecular flexibility index (Phi) is 5.15. The Bertz CT molecular complexity index is 839. The molecule has 0 aliphatic heterocycles. The van der Waals surface area contributed by atoms with Gasteiger partial charge < -0.3 is 0 Å². The summed E-state index contributed by atoms with van der Waals surface area (Å²) in [4.78, 5) is 4.83. The summed E-state index contributed by atoms with van der Waals surface area (Å²) in [5.74, 6) is 1.48. The molecule has 1 heterocycles. The van der Waals surface area contributed by atoms with Gasteiger partial charge in [-0.1, -0.05) is 86.8 Å². The van der Waals surface area contributed by atoms with Gasteiger partial charge in [-0.25, -0.2) is 0 Å². The van der Waals surface area contributed by atoms with Gasteiger partial charge in [0.25, 0.3) is 0 Å². The quantitative estimate of drug-likeness (QED) is 0.482. The van der Waals surface area contributed by atoms with Crippen LogP contribution in [0.25, 0.3) is 22.4 Å². The van der Waals surface area contributed by atoms with Crippen molar-refractivity contribution in [1.82, 2.24) is 4.98 Å². The molecule has 0 saturated heterocycles. The van der Waals surface area contributed by atoms with E-state index in [1.165, 1.54) is 54.4 Å². The van der Waals surface area contributed by atoms with Crippen molar-refractivity contribution in [2.45, 2.75) is 44.9 Å². The molecule has 0 radical (unpaired) electrons. The highest BCUT2D eigenvalue weighted by molar-refractivity contribution is 5.71. The Morgan fingerprint density at radius 2 is 1.58 bits per heavy atom. The molecule has 4 rings (SSSR count). The highest BCUT2D eigenvalue weighted by Gasteiger charge is 2.30. The van der Waals surface area contributed by atoms with Gasteiger partial charge in [-0.3, -0.25) is 4.98 Å². The average Bonchev–Trinajstić information content (AvgIpc) is 3.17. The lowest BCUT2D eigenvalue weighted by Crippen LogP contribution is -2.08. The van der Waals surface area contributed by atoms with Crippen LogP contribution in [0.2, 0.25) is 0 Å². The van der Waals surface area contributed by atoms with E-state index in [0.29, 0.717) is 5.92 Å². The van der Waals surface area contributed by atoms with Gasteiger partial charge in [-0.05, 0) is 41.9 Å². The van der Waals surface area contributed by atoms with Crippen molar-refractivity contribution in [3.63, 3.8) is 0 Å². The number of nitrogens with zero attached hydrogens (tertiary/aromatic N) is 1. The molecular weight excluding hydrogens is 314 g/mol. The Morgan fingerprint density at radius 3 is 2.27 bits per heavy atom. The van der Waals surface area contributed by atoms with Crippen LogP contribution >= 0.6 is 0 Å². The van der Waals surface area contributed by atoms with E-state index < -0.39 is 0 Å². The van der Waals surface area contributed by atoms with E-state index in [2.05, 4.69) is 79.9 Å². The number of pyridine rings is 1. The molecule has 1 nitrogen and oxygen atoms in total. The van der Waals surface area contributed by atoms with Crippen LogP contribution in [0.5, 0.6) is 0 Å². The molecule has 3 aromatic rings. The van der Waals surface area contributed by atoms with E-state index in [-0.39, 0.29) is 0 Å². The highest BCUT2D eigenvalue weighted by atomic mass is 14.7. The maximum absolute atomic E-state index is 4.83. The third kappa shape index (κ3) is 3.44. The van der Waals surface area contributed by atoms with Crippen LogP contribution in [0.1, 0.15) is 50.5 Å². The molecule has 1 saturated carbocycles. The monoisotopic (exact) mass is 341 g/mol. The second kappa shape index (κ2) is 7.86. The Hall–Kier alpha value is -2.41. The molecule has 2 atom stereocenters. The number of rotatable bonds is 5. The zero-order valence-electron chi connectivity index (χ0n) is 15.6. The minimum atomic E-state index is 0.663. The van der Waals surface area contributed by atoms with E-state index in [1.54, 1.807) is 0 Å². The molecule has 1 aromatic heterocycles. The first-order valence-electron chi connectivity index (χ1n) is 9.97. The molecule has 0 bridgehead atoms. The third-order valence-corrected chi connectivity index (χ3v) is 5.81. The zero-order chi connectivity index (χ0) is 17.8. The molecule has 1 fully saturated rings. The predicted octanol–water partition coefficient (Wildman–Crippen LogP) is 7.10. The topological polar surface area (TPSA) is 12.9 Å². The van der Waals surface area contributed by atoms with Crippen molar-refractivity contribution in [2.75, 3.05) is 0 Å². The maximum atomic E-state index is 4.83. The maximum Gasteiger partial charge on any atom is 0.0705 e. The van der Waals surface area contributed by atoms with E-state index >= 15 is 0 Å². The standard InChI is InChI=1S/C25H27N/c1-2-10-19-15-9-16-22(19)23-17-25(21-13-7-4-8-14-21)26-18-24(23)20-11-5-3-6-12-20/h3-8,11-14,17-19,22H,2,9-10,15-16H2,1H3. The highest BCUT2D eigenvalue weighted by Crippen LogP contribution is 2.45. The smallest absolute Gasteiger partial charge is 0.0705 e. The molecule has 132 valence electrons. The molecule has 0 N–H and O–H groups in total. The normalized spacial score (nSPS) is 19.6. The van der Waals surface area contributed by atoms with E-state index in [9.17, 15) is 0 Å². The van der Waals surface area contributed by atoms with Crippen molar-refractivity contribution in [1.29, 1.82) is 0 Å². The van der Waals surface area contributed by atoms with E-state index in [4.69, 9.17) is 4.98 Å². The van der Waals surface area contributed by atoms with Gasteiger partial charge in [0.2, 0.25) is 0 Å². The van der Waals surface area contributed by atoms with Crippen LogP contribution in [-0.4, -0.2) is 4.98 Å². The van der Waals surface area contributed by atoms with E-state index in [1.807, 2.05) is 0 Å². The van der Waals surface area contributed by atoms with Crippen molar-refractivity contribution in [3.8, 4) is 22.4 Å². The lowest BCUT2D eigenvalue weighted by Gasteiger charge is -2.23. The summed E-state index contributed by atoms with van der Waals surface area (Å²) in [6.45, 7) is 2.31. The molecule has 2 unspecified atom stereocenters. The lowest BCUT2D eigenvalue weighted by molar-refractivity contribution is 0.444. The average molecular weight is 341 g/mol. The third-order valence-electron chi connectivity index (χ3n) is 5.81. The van der Waals surface area contributed by atoms with Crippen molar-refractivity contribution in [2.24, 2.45) is 5.92 Å². The van der Waals surface area contributed by atoms with Crippen LogP contribution in [0, 0.1) is 5.92 Å². The largest absolute Gasteiger partial charge is 0.256 e. The van der Waals surface area contributed by atoms with Crippen molar-refractivity contribution in [3.05, 3.63) is 78.5 Å². The molecule has 1 heteroatoms. The fourth-order valence-electron chi connectivity index (χ4n) is 4.57. The summed E-state index contributed by atoms with van der Waals surface area (Å²) < 4.78 is 0. The first kappa shape index (κ1) is 17.0. The van der Waals surface area contributed by atoms with Gasteiger partial charge >= 0.3 is 0 Å². The van der Waals surface area contributed by atoms with Gasteiger partial charge in [-0.2, -0.15) is 0 Å². The fraction of sp³-hybridized carbons (Fsp3) is 0.320. The molecule has 1 aliphatic rings. The van der Waals surface area contributed by atoms with Crippen LogP contribution in [-0.2, 0) is 0 Å². The van der Waals surface area contributed by atoms with Gasteiger partial charge in [0.1, 0.15) is 0 Å².